The number of anilines is 1. The molecule has 2 aromatic heterocycles. The van der Waals surface area contributed by atoms with E-state index in [1.807, 2.05) is 31.6 Å². The van der Waals surface area contributed by atoms with Crippen molar-refractivity contribution in [3.8, 4) is 0 Å². The summed E-state index contributed by atoms with van der Waals surface area (Å²) in [7, 11) is 1.91. The van der Waals surface area contributed by atoms with Crippen molar-refractivity contribution in [3.63, 3.8) is 0 Å². The SMILES string of the molecule is C[C@H](Nc1cnn(C)c1)c1ccncc1. The first-order chi connectivity index (χ1) is 7.25. The van der Waals surface area contributed by atoms with Crippen molar-refractivity contribution in [2.24, 2.45) is 7.05 Å². The molecule has 1 atom stereocenters. The van der Waals surface area contributed by atoms with E-state index in [0.29, 0.717) is 0 Å². The van der Waals surface area contributed by atoms with E-state index in [-0.39, 0.29) is 6.04 Å². The third-order valence-corrected chi connectivity index (χ3v) is 2.29. The lowest BCUT2D eigenvalue weighted by Gasteiger charge is -2.13. The van der Waals surface area contributed by atoms with Gasteiger partial charge in [0.25, 0.3) is 0 Å². The number of nitrogens with one attached hydrogen (secondary N) is 1. The van der Waals surface area contributed by atoms with Crippen LogP contribution in [0.15, 0.2) is 36.9 Å². The largest absolute Gasteiger partial charge is 0.376 e. The van der Waals surface area contributed by atoms with Crippen molar-refractivity contribution in [1.29, 1.82) is 0 Å². The zero-order chi connectivity index (χ0) is 10.7. The molecule has 0 aromatic carbocycles. The van der Waals surface area contributed by atoms with E-state index in [9.17, 15) is 0 Å². The Morgan fingerprint density at radius 3 is 2.67 bits per heavy atom. The second kappa shape index (κ2) is 4.13. The standard InChI is InChI=1S/C11H14N4/c1-9(10-3-5-12-6-4-10)14-11-7-13-15(2)8-11/h3-9,14H,1-2H3/t9-/m0/s1. The first kappa shape index (κ1) is 9.71. The third kappa shape index (κ3) is 2.34. The maximum Gasteiger partial charge on any atom is 0.0731 e. The monoisotopic (exact) mass is 202 g/mol. The number of nitrogens with zero attached hydrogens (tertiary/aromatic N) is 3. The molecule has 0 spiro atoms. The molecule has 0 aliphatic carbocycles. The third-order valence-electron chi connectivity index (χ3n) is 2.29. The van der Waals surface area contributed by atoms with E-state index >= 15 is 0 Å². The van der Waals surface area contributed by atoms with Crippen LogP contribution in [-0.2, 0) is 7.05 Å². The summed E-state index contributed by atoms with van der Waals surface area (Å²) >= 11 is 0. The van der Waals surface area contributed by atoms with Gasteiger partial charge in [0.2, 0.25) is 0 Å². The lowest BCUT2D eigenvalue weighted by molar-refractivity contribution is 0.767. The molecule has 0 amide bonds. The molecule has 1 N–H and O–H groups in total. The molecular weight excluding hydrogens is 188 g/mol. The summed E-state index contributed by atoms with van der Waals surface area (Å²) in [6.45, 7) is 2.11. The van der Waals surface area contributed by atoms with E-state index in [1.165, 1.54) is 5.56 Å². The molecule has 78 valence electrons. The summed E-state index contributed by atoms with van der Waals surface area (Å²) in [6, 6.07) is 4.28. The fraction of sp³-hybridized carbons (Fsp3) is 0.273. The molecule has 2 rings (SSSR count). The van der Waals surface area contributed by atoms with Gasteiger partial charge in [-0.05, 0) is 24.6 Å². The van der Waals surface area contributed by atoms with E-state index < -0.39 is 0 Å². The van der Waals surface area contributed by atoms with Gasteiger partial charge in [0, 0.05) is 31.7 Å². The van der Waals surface area contributed by atoms with Crippen LogP contribution in [-0.4, -0.2) is 14.8 Å². The van der Waals surface area contributed by atoms with Crippen LogP contribution in [0.1, 0.15) is 18.5 Å². The summed E-state index contributed by atoms with van der Waals surface area (Å²) in [5, 5.41) is 7.47. The van der Waals surface area contributed by atoms with E-state index in [4.69, 9.17) is 0 Å². The molecule has 0 radical (unpaired) electrons. The van der Waals surface area contributed by atoms with E-state index in [1.54, 1.807) is 17.1 Å². The summed E-state index contributed by atoms with van der Waals surface area (Å²) in [5.41, 5.74) is 2.25. The van der Waals surface area contributed by atoms with Crippen LogP contribution in [0.5, 0.6) is 0 Å². The van der Waals surface area contributed by atoms with Gasteiger partial charge in [-0.3, -0.25) is 9.67 Å². The highest BCUT2D eigenvalue weighted by Crippen LogP contribution is 2.17. The minimum Gasteiger partial charge on any atom is -0.376 e. The van der Waals surface area contributed by atoms with Crippen LogP contribution in [0, 0.1) is 0 Å². The Morgan fingerprint density at radius 1 is 1.33 bits per heavy atom. The highest BCUT2D eigenvalue weighted by atomic mass is 15.3. The number of aromatic nitrogens is 3. The van der Waals surface area contributed by atoms with Crippen LogP contribution in [0.25, 0.3) is 0 Å². The van der Waals surface area contributed by atoms with Gasteiger partial charge in [0.1, 0.15) is 0 Å². The minimum atomic E-state index is 0.261. The van der Waals surface area contributed by atoms with Gasteiger partial charge < -0.3 is 5.32 Å². The molecule has 0 unspecified atom stereocenters. The van der Waals surface area contributed by atoms with Gasteiger partial charge in [-0.1, -0.05) is 0 Å². The van der Waals surface area contributed by atoms with Gasteiger partial charge in [-0.2, -0.15) is 5.10 Å². The van der Waals surface area contributed by atoms with E-state index in [0.717, 1.165) is 5.69 Å². The first-order valence-electron chi connectivity index (χ1n) is 4.91. The van der Waals surface area contributed by atoms with Crippen LogP contribution >= 0.6 is 0 Å². The smallest absolute Gasteiger partial charge is 0.0731 e. The van der Waals surface area contributed by atoms with Crippen LogP contribution in [0.3, 0.4) is 0 Å². The normalized spacial score (nSPS) is 12.4. The number of hydrogen-bond donors (Lipinski definition) is 1. The molecule has 0 bridgehead atoms. The predicted octanol–water partition coefficient (Wildman–Crippen LogP) is 1.99. The van der Waals surface area contributed by atoms with Gasteiger partial charge in [-0.15, -0.1) is 0 Å². The molecule has 2 heterocycles. The molecule has 0 fully saturated rings. The topological polar surface area (TPSA) is 42.7 Å². The maximum atomic E-state index is 4.11. The Kier molecular flexibility index (Phi) is 2.67. The second-order valence-electron chi connectivity index (χ2n) is 3.55. The Labute approximate surface area is 89.0 Å². The van der Waals surface area contributed by atoms with E-state index in [2.05, 4.69) is 22.3 Å². The molecule has 2 aromatic rings. The van der Waals surface area contributed by atoms with Crippen LogP contribution in [0.2, 0.25) is 0 Å². The Bertz CT molecular complexity index is 421. The number of aryl methyl sites for hydroxylation is 1. The molecule has 15 heavy (non-hydrogen) atoms. The van der Waals surface area contributed by atoms with Crippen LogP contribution in [0.4, 0.5) is 5.69 Å². The van der Waals surface area contributed by atoms with Gasteiger partial charge in [0.05, 0.1) is 11.9 Å². The maximum absolute atomic E-state index is 4.11. The number of rotatable bonds is 3. The van der Waals surface area contributed by atoms with Gasteiger partial charge in [0.15, 0.2) is 0 Å². The Balaban J connectivity index is 2.07. The lowest BCUT2D eigenvalue weighted by Crippen LogP contribution is -2.05. The lowest BCUT2D eigenvalue weighted by atomic mass is 10.1. The van der Waals surface area contributed by atoms with Crippen LogP contribution < -0.4 is 5.32 Å². The average Bonchev–Trinajstić information content (AvgIpc) is 2.65. The van der Waals surface area contributed by atoms with Crippen molar-refractivity contribution in [2.75, 3.05) is 5.32 Å². The summed E-state index contributed by atoms with van der Waals surface area (Å²) in [4.78, 5) is 3.99. The molecule has 0 aliphatic rings. The molecule has 0 saturated carbocycles. The zero-order valence-corrected chi connectivity index (χ0v) is 8.88. The quantitative estimate of drug-likeness (QED) is 0.827. The number of hydrogen-bond acceptors (Lipinski definition) is 3. The average molecular weight is 202 g/mol. The van der Waals surface area contributed by atoms with Crippen molar-refractivity contribution in [2.45, 2.75) is 13.0 Å². The fourth-order valence-corrected chi connectivity index (χ4v) is 1.48. The number of pyridine rings is 1. The summed E-state index contributed by atoms with van der Waals surface area (Å²) < 4.78 is 1.78. The highest BCUT2D eigenvalue weighted by Gasteiger charge is 2.05. The Hall–Kier alpha value is -1.84. The predicted molar refractivity (Wildman–Crippen MR) is 59.5 cm³/mol. The van der Waals surface area contributed by atoms with Crippen molar-refractivity contribution >= 4 is 5.69 Å². The zero-order valence-electron chi connectivity index (χ0n) is 8.88. The van der Waals surface area contributed by atoms with Gasteiger partial charge in [-0.25, -0.2) is 0 Å². The van der Waals surface area contributed by atoms with Gasteiger partial charge >= 0.3 is 0 Å². The summed E-state index contributed by atoms with van der Waals surface area (Å²) in [6.07, 6.45) is 7.38. The van der Waals surface area contributed by atoms with Crippen molar-refractivity contribution in [1.82, 2.24) is 14.8 Å². The van der Waals surface area contributed by atoms with Crippen molar-refractivity contribution in [3.05, 3.63) is 42.5 Å². The Morgan fingerprint density at radius 2 is 2.07 bits per heavy atom. The second-order valence-corrected chi connectivity index (χ2v) is 3.55. The molecular formula is C11H14N4. The fourth-order valence-electron chi connectivity index (χ4n) is 1.48. The minimum absolute atomic E-state index is 0.261. The molecule has 4 heteroatoms. The molecule has 0 aliphatic heterocycles. The molecule has 4 nitrogen and oxygen atoms in total. The highest BCUT2D eigenvalue weighted by molar-refractivity contribution is 5.41. The first-order valence-corrected chi connectivity index (χ1v) is 4.91. The molecule has 0 saturated heterocycles. The van der Waals surface area contributed by atoms with Crippen molar-refractivity contribution < 1.29 is 0 Å². The summed E-state index contributed by atoms with van der Waals surface area (Å²) in [5.74, 6) is 0.